The first-order valence-electron chi connectivity index (χ1n) is 5.72. The number of hydrogen-bond acceptors (Lipinski definition) is 3. The highest BCUT2D eigenvalue weighted by Crippen LogP contribution is 2.19. The molecule has 0 amide bonds. The van der Waals surface area contributed by atoms with Crippen LogP contribution in [0.25, 0.3) is 22.2 Å². The molecule has 4 nitrogen and oxygen atoms in total. The van der Waals surface area contributed by atoms with Crippen molar-refractivity contribution in [2.45, 2.75) is 0 Å². The molecule has 3 rings (SSSR count). The average Bonchev–Trinajstić information content (AvgIpc) is 2.44. The summed E-state index contributed by atoms with van der Waals surface area (Å²) in [6, 6.07) is 7.56. The fraction of sp³-hybridized carbons (Fsp3) is 0.0714. The van der Waals surface area contributed by atoms with Gasteiger partial charge in [-0.25, -0.2) is 14.4 Å². The first-order valence-corrected chi connectivity index (χ1v) is 5.72. The summed E-state index contributed by atoms with van der Waals surface area (Å²) in [4.78, 5) is 20.3. The van der Waals surface area contributed by atoms with Crippen molar-refractivity contribution >= 4 is 11.0 Å². The Balaban J connectivity index is 2.33. The molecule has 2 heterocycles. The van der Waals surface area contributed by atoms with Crippen LogP contribution in [-0.2, 0) is 7.05 Å². The summed E-state index contributed by atoms with van der Waals surface area (Å²) in [7, 11) is 1.66. The summed E-state index contributed by atoms with van der Waals surface area (Å²) in [5.41, 5.74) is 1.58. The molecule has 2 aromatic heterocycles. The molecule has 94 valence electrons. The standard InChI is InChI=1S/C14H10FN3O/c1-18-13-10(7-16-8-17-13)6-12(14(18)19)9-2-4-11(15)5-3-9/h2-8H,1H3. The van der Waals surface area contributed by atoms with Crippen LogP contribution in [0.5, 0.6) is 0 Å². The lowest BCUT2D eigenvalue weighted by Crippen LogP contribution is -2.19. The van der Waals surface area contributed by atoms with E-state index in [9.17, 15) is 9.18 Å². The molecule has 0 saturated carbocycles. The smallest absolute Gasteiger partial charge is 0.259 e. The monoisotopic (exact) mass is 255 g/mol. The molecule has 0 spiro atoms. The molecule has 0 radical (unpaired) electrons. The van der Waals surface area contributed by atoms with Crippen LogP contribution in [0.1, 0.15) is 0 Å². The first kappa shape index (κ1) is 11.5. The highest BCUT2D eigenvalue weighted by Gasteiger charge is 2.09. The number of aryl methyl sites for hydroxylation is 1. The van der Waals surface area contributed by atoms with Gasteiger partial charge in [-0.3, -0.25) is 9.36 Å². The van der Waals surface area contributed by atoms with Crippen molar-refractivity contribution in [1.82, 2.24) is 14.5 Å². The Labute approximate surface area is 108 Å². The molecule has 3 aromatic rings. The van der Waals surface area contributed by atoms with E-state index in [-0.39, 0.29) is 11.4 Å². The minimum absolute atomic E-state index is 0.169. The molecule has 0 saturated heterocycles. The van der Waals surface area contributed by atoms with E-state index in [0.29, 0.717) is 16.8 Å². The van der Waals surface area contributed by atoms with Crippen molar-refractivity contribution in [2.24, 2.45) is 7.05 Å². The van der Waals surface area contributed by atoms with Gasteiger partial charge in [-0.2, -0.15) is 0 Å². The van der Waals surface area contributed by atoms with Gasteiger partial charge in [0.25, 0.3) is 5.56 Å². The summed E-state index contributed by atoms with van der Waals surface area (Å²) < 4.78 is 14.4. The molecule has 0 aliphatic rings. The van der Waals surface area contributed by atoms with Crippen molar-refractivity contribution in [3.63, 3.8) is 0 Å². The van der Waals surface area contributed by atoms with Crippen molar-refractivity contribution in [3.05, 3.63) is 59.0 Å². The highest BCUT2D eigenvalue weighted by molar-refractivity contribution is 5.80. The molecule has 5 heteroatoms. The number of benzene rings is 1. The van der Waals surface area contributed by atoms with Gasteiger partial charge in [0.1, 0.15) is 17.8 Å². The largest absolute Gasteiger partial charge is 0.295 e. The maximum atomic E-state index is 12.9. The topological polar surface area (TPSA) is 47.8 Å². The first-order chi connectivity index (χ1) is 9.16. The molecule has 0 N–H and O–H groups in total. The van der Waals surface area contributed by atoms with Crippen LogP contribution in [0.2, 0.25) is 0 Å². The van der Waals surface area contributed by atoms with Gasteiger partial charge in [0, 0.05) is 24.2 Å². The second-order valence-corrected chi connectivity index (χ2v) is 4.23. The molecule has 0 bridgehead atoms. The summed E-state index contributed by atoms with van der Waals surface area (Å²) in [6.07, 6.45) is 3.05. The number of pyridine rings is 1. The van der Waals surface area contributed by atoms with Gasteiger partial charge >= 0.3 is 0 Å². The zero-order chi connectivity index (χ0) is 13.4. The zero-order valence-electron chi connectivity index (χ0n) is 10.2. The summed E-state index contributed by atoms with van der Waals surface area (Å²) in [5, 5.41) is 0.768. The molecule has 0 atom stereocenters. The maximum Gasteiger partial charge on any atom is 0.259 e. The fourth-order valence-corrected chi connectivity index (χ4v) is 2.05. The van der Waals surface area contributed by atoms with E-state index in [0.717, 1.165) is 5.39 Å². The van der Waals surface area contributed by atoms with Crippen LogP contribution in [0.15, 0.2) is 47.7 Å². The fourth-order valence-electron chi connectivity index (χ4n) is 2.05. The molecule has 19 heavy (non-hydrogen) atoms. The minimum Gasteiger partial charge on any atom is -0.295 e. The normalized spacial score (nSPS) is 10.8. The number of hydrogen-bond donors (Lipinski definition) is 0. The number of rotatable bonds is 1. The van der Waals surface area contributed by atoms with Crippen molar-refractivity contribution in [3.8, 4) is 11.1 Å². The minimum atomic E-state index is -0.329. The lowest BCUT2D eigenvalue weighted by molar-refractivity contribution is 0.628. The Kier molecular flexibility index (Phi) is 2.59. The Morgan fingerprint density at radius 2 is 1.95 bits per heavy atom. The van der Waals surface area contributed by atoms with Crippen LogP contribution in [0.3, 0.4) is 0 Å². The predicted octanol–water partition coefficient (Wildman–Crippen LogP) is 2.13. The molecular weight excluding hydrogens is 245 g/mol. The van der Waals surface area contributed by atoms with Gasteiger partial charge in [0.05, 0.1) is 0 Å². The van der Waals surface area contributed by atoms with Crippen molar-refractivity contribution in [2.75, 3.05) is 0 Å². The molecule has 0 fully saturated rings. The van der Waals surface area contributed by atoms with Crippen LogP contribution in [0.4, 0.5) is 4.39 Å². The molecule has 0 aliphatic heterocycles. The third-order valence-electron chi connectivity index (χ3n) is 3.03. The van der Waals surface area contributed by atoms with E-state index < -0.39 is 0 Å². The SMILES string of the molecule is Cn1c(=O)c(-c2ccc(F)cc2)cc2cncnc21. The van der Waals surface area contributed by atoms with Crippen LogP contribution < -0.4 is 5.56 Å². The summed E-state index contributed by atoms with van der Waals surface area (Å²) in [6.45, 7) is 0. The lowest BCUT2D eigenvalue weighted by Gasteiger charge is -2.07. The second-order valence-electron chi connectivity index (χ2n) is 4.23. The lowest BCUT2D eigenvalue weighted by atomic mass is 10.1. The van der Waals surface area contributed by atoms with Gasteiger partial charge in [0.2, 0.25) is 0 Å². The number of aromatic nitrogens is 3. The molecular formula is C14H10FN3O. The summed E-state index contributed by atoms with van der Waals surface area (Å²) >= 11 is 0. The Hall–Kier alpha value is -2.56. The quantitative estimate of drug-likeness (QED) is 0.669. The number of halogens is 1. The van der Waals surface area contributed by atoms with Crippen LogP contribution in [0, 0.1) is 5.82 Å². The van der Waals surface area contributed by atoms with E-state index >= 15 is 0 Å². The van der Waals surface area contributed by atoms with E-state index in [1.54, 1.807) is 31.4 Å². The van der Waals surface area contributed by atoms with Crippen LogP contribution in [-0.4, -0.2) is 14.5 Å². The zero-order valence-corrected chi connectivity index (χ0v) is 10.2. The van der Waals surface area contributed by atoms with Gasteiger partial charge in [-0.1, -0.05) is 12.1 Å². The van der Waals surface area contributed by atoms with Crippen LogP contribution >= 0.6 is 0 Å². The van der Waals surface area contributed by atoms with Gasteiger partial charge < -0.3 is 0 Å². The average molecular weight is 255 g/mol. The van der Waals surface area contributed by atoms with E-state index in [1.165, 1.54) is 23.0 Å². The highest BCUT2D eigenvalue weighted by atomic mass is 19.1. The summed E-state index contributed by atoms with van der Waals surface area (Å²) in [5.74, 6) is -0.329. The van der Waals surface area contributed by atoms with Crippen molar-refractivity contribution < 1.29 is 4.39 Å². The third-order valence-corrected chi connectivity index (χ3v) is 3.03. The maximum absolute atomic E-state index is 12.9. The molecule has 1 aromatic carbocycles. The second kappa shape index (κ2) is 4.28. The molecule has 0 aliphatic carbocycles. The van der Waals surface area contributed by atoms with Gasteiger partial charge in [-0.15, -0.1) is 0 Å². The Bertz CT molecular complexity index is 809. The Morgan fingerprint density at radius 1 is 1.21 bits per heavy atom. The van der Waals surface area contributed by atoms with Gasteiger partial charge in [0.15, 0.2) is 0 Å². The van der Waals surface area contributed by atoms with E-state index in [1.807, 2.05) is 0 Å². The van der Waals surface area contributed by atoms with Crippen molar-refractivity contribution in [1.29, 1.82) is 0 Å². The molecule has 0 unspecified atom stereocenters. The third kappa shape index (κ3) is 1.89. The Morgan fingerprint density at radius 3 is 2.68 bits per heavy atom. The number of fused-ring (bicyclic) bond motifs is 1. The van der Waals surface area contributed by atoms with E-state index in [4.69, 9.17) is 0 Å². The van der Waals surface area contributed by atoms with Gasteiger partial charge in [-0.05, 0) is 23.8 Å². The predicted molar refractivity (Wildman–Crippen MR) is 70.2 cm³/mol. The number of nitrogens with zero attached hydrogens (tertiary/aromatic N) is 3. The van der Waals surface area contributed by atoms with E-state index in [2.05, 4.69) is 9.97 Å².